The van der Waals surface area contributed by atoms with Gasteiger partial charge in [-0.1, -0.05) is 30.3 Å². The topological polar surface area (TPSA) is 62.3 Å². The largest absolute Gasteiger partial charge is 0.496 e. The van der Waals surface area contributed by atoms with Crippen molar-refractivity contribution in [3.8, 4) is 22.9 Å². The molecule has 0 aliphatic rings. The number of methoxy groups -OCH3 is 2. The van der Waals surface area contributed by atoms with Gasteiger partial charge in [-0.2, -0.15) is 0 Å². The summed E-state index contributed by atoms with van der Waals surface area (Å²) >= 11 is 0. The van der Waals surface area contributed by atoms with Gasteiger partial charge in [-0.25, -0.2) is 4.98 Å². The van der Waals surface area contributed by atoms with E-state index in [9.17, 15) is 0 Å². The summed E-state index contributed by atoms with van der Waals surface area (Å²) in [4.78, 5) is 4.52. The first-order valence-corrected chi connectivity index (χ1v) is 7.77. The summed E-state index contributed by atoms with van der Waals surface area (Å²) in [6.07, 6.45) is 3.74. The summed E-state index contributed by atoms with van der Waals surface area (Å²) in [6, 6.07) is 14.0. The Morgan fingerprint density at radius 2 is 1.58 bits per heavy atom. The molecule has 3 aromatic rings. The first kappa shape index (κ1) is 16.1. The summed E-state index contributed by atoms with van der Waals surface area (Å²) in [5, 5.41) is 0. The molecule has 24 heavy (non-hydrogen) atoms. The zero-order chi connectivity index (χ0) is 16.9. The molecule has 5 nitrogen and oxygen atoms in total. The van der Waals surface area contributed by atoms with E-state index in [2.05, 4.69) is 33.8 Å². The predicted octanol–water partition coefficient (Wildman–Crippen LogP) is 3.07. The molecule has 124 valence electrons. The SMILES string of the molecule is COc1cccc(OC)c1-c1nccn1Cc1ccc(CN)cc1. The fourth-order valence-electron chi connectivity index (χ4n) is 2.71. The van der Waals surface area contributed by atoms with E-state index in [-0.39, 0.29) is 0 Å². The predicted molar refractivity (Wildman–Crippen MR) is 94.2 cm³/mol. The average molecular weight is 323 g/mol. The van der Waals surface area contributed by atoms with E-state index < -0.39 is 0 Å². The fraction of sp³-hybridized carbons (Fsp3) is 0.211. The van der Waals surface area contributed by atoms with Crippen LogP contribution >= 0.6 is 0 Å². The minimum Gasteiger partial charge on any atom is -0.496 e. The maximum atomic E-state index is 5.66. The highest BCUT2D eigenvalue weighted by atomic mass is 16.5. The Kier molecular flexibility index (Phi) is 4.82. The molecule has 0 bridgehead atoms. The fourth-order valence-corrected chi connectivity index (χ4v) is 2.71. The first-order chi connectivity index (χ1) is 11.8. The van der Waals surface area contributed by atoms with Crippen LogP contribution in [0.4, 0.5) is 0 Å². The zero-order valence-electron chi connectivity index (χ0n) is 13.9. The van der Waals surface area contributed by atoms with Gasteiger partial charge in [0.25, 0.3) is 0 Å². The number of nitrogens with two attached hydrogens (primary N) is 1. The van der Waals surface area contributed by atoms with Crippen LogP contribution in [0, 0.1) is 0 Å². The Bertz CT molecular complexity index is 787. The summed E-state index contributed by atoms with van der Waals surface area (Å²) in [7, 11) is 3.30. The number of imidazole rings is 1. The second kappa shape index (κ2) is 7.19. The van der Waals surface area contributed by atoms with E-state index in [0.717, 1.165) is 28.5 Å². The van der Waals surface area contributed by atoms with Gasteiger partial charge in [0.1, 0.15) is 22.9 Å². The molecule has 0 saturated heterocycles. The summed E-state index contributed by atoms with van der Waals surface area (Å²) in [5.41, 5.74) is 8.81. The molecule has 3 rings (SSSR count). The highest BCUT2D eigenvalue weighted by molar-refractivity contribution is 5.72. The molecule has 0 fully saturated rings. The van der Waals surface area contributed by atoms with E-state index in [4.69, 9.17) is 15.2 Å². The number of hydrogen-bond acceptors (Lipinski definition) is 4. The van der Waals surface area contributed by atoms with Crippen LogP contribution in [-0.2, 0) is 13.1 Å². The maximum absolute atomic E-state index is 5.66. The van der Waals surface area contributed by atoms with E-state index in [1.165, 1.54) is 5.56 Å². The molecule has 0 radical (unpaired) electrons. The van der Waals surface area contributed by atoms with Gasteiger partial charge in [-0.15, -0.1) is 0 Å². The number of aromatic nitrogens is 2. The van der Waals surface area contributed by atoms with Crippen molar-refractivity contribution in [2.45, 2.75) is 13.1 Å². The van der Waals surface area contributed by atoms with Crippen LogP contribution in [-0.4, -0.2) is 23.8 Å². The Hall–Kier alpha value is -2.79. The van der Waals surface area contributed by atoms with Crippen molar-refractivity contribution in [2.75, 3.05) is 14.2 Å². The monoisotopic (exact) mass is 323 g/mol. The third-order valence-corrected chi connectivity index (χ3v) is 3.98. The quantitative estimate of drug-likeness (QED) is 0.757. The van der Waals surface area contributed by atoms with Crippen molar-refractivity contribution >= 4 is 0 Å². The van der Waals surface area contributed by atoms with Crippen molar-refractivity contribution in [3.63, 3.8) is 0 Å². The normalized spacial score (nSPS) is 10.6. The lowest BCUT2D eigenvalue weighted by Crippen LogP contribution is -2.04. The molecule has 1 aromatic heterocycles. The number of hydrogen-bond donors (Lipinski definition) is 1. The number of nitrogens with zero attached hydrogens (tertiary/aromatic N) is 2. The van der Waals surface area contributed by atoms with Crippen LogP contribution in [0.25, 0.3) is 11.4 Å². The smallest absolute Gasteiger partial charge is 0.147 e. The van der Waals surface area contributed by atoms with Gasteiger partial charge in [0.15, 0.2) is 0 Å². The van der Waals surface area contributed by atoms with Gasteiger partial charge >= 0.3 is 0 Å². The summed E-state index contributed by atoms with van der Waals surface area (Å²) in [6.45, 7) is 1.26. The minimum atomic E-state index is 0.551. The van der Waals surface area contributed by atoms with Crippen LogP contribution in [0.5, 0.6) is 11.5 Å². The second-order valence-electron chi connectivity index (χ2n) is 5.44. The highest BCUT2D eigenvalue weighted by Crippen LogP contribution is 2.37. The van der Waals surface area contributed by atoms with E-state index >= 15 is 0 Å². The van der Waals surface area contributed by atoms with Gasteiger partial charge < -0.3 is 19.8 Å². The Labute approximate surface area is 141 Å². The van der Waals surface area contributed by atoms with Crippen molar-refractivity contribution in [3.05, 3.63) is 66.0 Å². The van der Waals surface area contributed by atoms with E-state index in [1.54, 1.807) is 20.4 Å². The Morgan fingerprint density at radius 1 is 0.958 bits per heavy atom. The number of benzene rings is 2. The van der Waals surface area contributed by atoms with Crippen molar-refractivity contribution in [1.29, 1.82) is 0 Å². The van der Waals surface area contributed by atoms with Gasteiger partial charge in [0.05, 0.1) is 14.2 Å². The lowest BCUT2D eigenvalue weighted by atomic mass is 10.1. The Balaban J connectivity index is 1.99. The molecule has 0 aliphatic carbocycles. The van der Waals surface area contributed by atoms with Gasteiger partial charge in [-0.3, -0.25) is 0 Å². The number of ether oxygens (including phenoxy) is 2. The maximum Gasteiger partial charge on any atom is 0.147 e. The number of rotatable bonds is 6. The molecule has 0 saturated carbocycles. The molecule has 0 unspecified atom stereocenters. The second-order valence-corrected chi connectivity index (χ2v) is 5.44. The van der Waals surface area contributed by atoms with E-state index in [0.29, 0.717) is 13.1 Å². The molecule has 1 heterocycles. The first-order valence-electron chi connectivity index (χ1n) is 7.77. The molecule has 0 aliphatic heterocycles. The van der Waals surface area contributed by atoms with Crippen LogP contribution in [0.3, 0.4) is 0 Å². The molecular weight excluding hydrogens is 302 g/mol. The minimum absolute atomic E-state index is 0.551. The average Bonchev–Trinajstić information content (AvgIpc) is 3.09. The van der Waals surface area contributed by atoms with Crippen LogP contribution in [0.2, 0.25) is 0 Å². The van der Waals surface area contributed by atoms with Gasteiger partial charge in [0, 0.05) is 25.5 Å². The molecular formula is C19H21N3O2. The highest BCUT2D eigenvalue weighted by Gasteiger charge is 2.17. The lowest BCUT2D eigenvalue weighted by Gasteiger charge is -2.14. The van der Waals surface area contributed by atoms with Crippen LogP contribution in [0.15, 0.2) is 54.9 Å². The molecule has 0 amide bonds. The lowest BCUT2D eigenvalue weighted by molar-refractivity contribution is 0.396. The molecule has 0 atom stereocenters. The van der Waals surface area contributed by atoms with Crippen molar-refractivity contribution in [2.24, 2.45) is 5.73 Å². The molecule has 0 spiro atoms. The Morgan fingerprint density at radius 3 is 2.17 bits per heavy atom. The van der Waals surface area contributed by atoms with Crippen LogP contribution < -0.4 is 15.2 Å². The van der Waals surface area contributed by atoms with E-state index in [1.807, 2.05) is 24.4 Å². The summed E-state index contributed by atoms with van der Waals surface area (Å²) < 4.78 is 13.1. The molecule has 2 aromatic carbocycles. The van der Waals surface area contributed by atoms with Gasteiger partial charge in [-0.05, 0) is 23.3 Å². The molecule has 5 heteroatoms. The summed E-state index contributed by atoms with van der Waals surface area (Å²) in [5.74, 6) is 2.28. The molecule has 2 N–H and O–H groups in total. The van der Waals surface area contributed by atoms with Crippen molar-refractivity contribution in [1.82, 2.24) is 9.55 Å². The zero-order valence-corrected chi connectivity index (χ0v) is 13.9. The third kappa shape index (κ3) is 3.12. The van der Waals surface area contributed by atoms with Crippen molar-refractivity contribution < 1.29 is 9.47 Å². The van der Waals surface area contributed by atoms with Gasteiger partial charge in [0.2, 0.25) is 0 Å². The van der Waals surface area contributed by atoms with Crippen LogP contribution in [0.1, 0.15) is 11.1 Å². The standard InChI is InChI=1S/C19H21N3O2/c1-23-16-4-3-5-17(24-2)18(16)19-21-10-11-22(19)13-15-8-6-14(12-20)7-9-15/h3-11H,12-13,20H2,1-2H3. The third-order valence-electron chi connectivity index (χ3n) is 3.98.